The van der Waals surface area contributed by atoms with Crippen LogP contribution in [0.15, 0.2) is 0 Å². The summed E-state index contributed by atoms with van der Waals surface area (Å²) in [7, 11) is -0.455. The Morgan fingerprint density at radius 2 is 2.13 bits per heavy atom. The molecule has 0 heterocycles. The van der Waals surface area contributed by atoms with Gasteiger partial charge in [0.1, 0.15) is 0 Å². The first-order chi connectivity index (χ1) is 6.94. The Bertz CT molecular complexity index is 255. The Hall–Kier alpha value is -0.210. The lowest BCUT2D eigenvalue weighted by atomic mass is 10.4. The molecule has 0 rings (SSSR count). The van der Waals surface area contributed by atoms with E-state index in [1.807, 2.05) is 0 Å². The molecule has 15 heavy (non-hydrogen) atoms. The van der Waals surface area contributed by atoms with E-state index in [1.165, 1.54) is 18.5 Å². The lowest BCUT2D eigenvalue weighted by Gasteiger charge is -2.18. The van der Waals surface area contributed by atoms with Crippen molar-refractivity contribution < 1.29 is 18.3 Å². The van der Waals surface area contributed by atoms with Gasteiger partial charge in [-0.05, 0) is 13.3 Å². The number of methoxy groups -OCH3 is 1. The number of hydrogen-bond acceptors (Lipinski definition) is 4. The van der Waals surface area contributed by atoms with Gasteiger partial charge >= 0.3 is 0 Å². The van der Waals surface area contributed by atoms with Crippen LogP contribution < -0.4 is 4.72 Å². The molecule has 0 saturated heterocycles. The Morgan fingerprint density at radius 3 is 2.60 bits per heavy atom. The van der Waals surface area contributed by atoms with Gasteiger partial charge in [0.25, 0.3) is 10.2 Å². The molecule has 0 aliphatic rings. The maximum atomic E-state index is 11.5. The van der Waals surface area contributed by atoms with E-state index in [-0.39, 0.29) is 19.3 Å². The molecule has 2 N–H and O–H groups in total. The Morgan fingerprint density at radius 1 is 1.53 bits per heavy atom. The number of hydrogen-bond donors (Lipinski definition) is 2. The van der Waals surface area contributed by atoms with Gasteiger partial charge in [0.15, 0.2) is 0 Å². The van der Waals surface area contributed by atoms with E-state index in [0.717, 1.165) is 0 Å². The lowest BCUT2D eigenvalue weighted by Crippen LogP contribution is -2.41. The van der Waals surface area contributed by atoms with Crippen LogP contribution in [0.5, 0.6) is 0 Å². The number of rotatable bonds is 8. The molecule has 0 aromatic carbocycles. The number of nitrogens with one attached hydrogen (secondary N) is 1. The van der Waals surface area contributed by atoms with Crippen molar-refractivity contribution in [2.24, 2.45) is 0 Å². The van der Waals surface area contributed by atoms with Crippen molar-refractivity contribution in [1.82, 2.24) is 9.03 Å². The Labute approximate surface area is 91.4 Å². The van der Waals surface area contributed by atoms with E-state index < -0.39 is 10.2 Å². The Kier molecular flexibility index (Phi) is 7.03. The third kappa shape index (κ3) is 6.06. The summed E-state index contributed by atoms with van der Waals surface area (Å²) in [6, 6.07) is 0. The van der Waals surface area contributed by atoms with E-state index in [4.69, 9.17) is 9.84 Å². The van der Waals surface area contributed by atoms with Crippen LogP contribution >= 0.6 is 0 Å². The summed E-state index contributed by atoms with van der Waals surface area (Å²) in [5.74, 6) is 0. The summed E-state index contributed by atoms with van der Waals surface area (Å²) >= 11 is 0. The molecule has 0 aromatic heterocycles. The molecule has 0 aliphatic carbocycles. The molecule has 0 radical (unpaired) electrons. The van der Waals surface area contributed by atoms with Gasteiger partial charge in [0.2, 0.25) is 0 Å². The minimum absolute atomic E-state index is 0.0195. The lowest BCUT2D eigenvalue weighted by molar-refractivity contribution is 0.121. The molecule has 0 amide bonds. The van der Waals surface area contributed by atoms with Crippen molar-refractivity contribution in [3.63, 3.8) is 0 Å². The summed E-state index contributed by atoms with van der Waals surface area (Å²) in [4.78, 5) is 0. The van der Waals surface area contributed by atoms with Crippen LogP contribution in [-0.2, 0) is 14.9 Å². The molecule has 92 valence electrons. The molecule has 0 fully saturated rings. The monoisotopic (exact) mass is 240 g/mol. The van der Waals surface area contributed by atoms with Gasteiger partial charge in [-0.2, -0.15) is 17.4 Å². The predicted molar refractivity (Wildman–Crippen MR) is 57.7 cm³/mol. The van der Waals surface area contributed by atoms with Crippen LogP contribution in [-0.4, -0.2) is 57.8 Å². The maximum absolute atomic E-state index is 11.5. The standard InChI is InChI=1S/C8H20N2O4S/c1-8(14-3)7-9-15(12,13)10(2)5-4-6-11/h8-9,11H,4-7H2,1-3H3. The van der Waals surface area contributed by atoms with Crippen LogP contribution in [0.25, 0.3) is 0 Å². The highest BCUT2D eigenvalue weighted by Gasteiger charge is 2.17. The highest BCUT2D eigenvalue weighted by Crippen LogP contribution is 1.96. The first-order valence-electron chi connectivity index (χ1n) is 4.78. The summed E-state index contributed by atoms with van der Waals surface area (Å²) < 4.78 is 31.6. The van der Waals surface area contributed by atoms with Crippen LogP contribution in [0.4, 0.5) is 0 Å². The zero-order chi connectivity index (χ0) is 11.9. The molecule has 1 atom stereocenters. The number of ether oxygens (including phenoxy) is 1. The predicted octanol–water partition coefficient (Wildman–Crippen LogP) is -0.830. The fourth-order valence-electron chi connectivity index (χ4n) is 0.830. The average Bonchev–Trinajstić information content (AvgIpc) is 2.22. The van der Waals surface area contributed by atoms with Gasteiger partial charge in [-0.3, -0.25) is 0 Å². The zero-order valence-corrected chi connectivity index (χ0v) is 10.2. The largest absolute Gasteiger partial charge is 0.396 e. The highest BCUT2D eigenvalue weighted by molar-refractivity contribution is 7.87. The second kappa shape index (κ2) is 7.13. The summed E-state index contributed by atoms with van der Waals surface area (Å²) in [5, 5.41) is 8.58. The van der Waals surface area contributed by atoms with Crippen LogP contribution in [0.2, 0.25) is 0 Å². The zero-order valence-electron chi connectivity index (χ0n) is 9.43. The van der Waals surface area contributed by atoms with Crippen LogP contribution in [0.3, 0.4) is 0 Å². The fraction of sp³-hybridized carbons (Fsp3) is 1.00. The van der Waals surface area contributed by atoms with Crippen molar-refractivity contribution in [1.29, 1.82) is 0 Å². The van der Waals surface area contributed by atoms with Crippen molar-refractivity contribution in [2.45, 2.75) is 19.4 Å². The molecule has 0 aliphatic heterocycles. The quantitative estimate of drug-likeness (QED) is 0.580. The van der Waals surface area contributed by atoms with Crippen LogP contribution in [0, 0.1) is 0 Å². The average molecular weight is 240 g/mol. The van der Waals surface area contributed by atoms with E-state index in [1.54, 1.807) is 6.92 Å². The van der Waals surface area contributed by atoms with Crippen molar-refractivity contribution in [3.05, 3.63) is 0 Å². The second-order valence-electron chi connectivity index (χ2n) is 3.30. The van der Waals surface area contributed by atoms with Gasteiger partial charge in [-0.1, -0.05) is 0 Å². The fourth-order valence-corrected chi connectivity index (χ4v) is 1.86. The molecule has 0 spiro atoms. The van der Waals surface area contributed by atoms with E-state index in [2.05, 4.69) is 4.72 Å². The molecule has 0 saturated carbocycles. The Balaban J connectivity index is 4.05. The second-order valence-corrected chi connectivity index (χ2v) is 5.16. The van der Waals surface area contributed by atoms with Gasteiger partial charge in [0, 0.05) is 33.9 Å². The molecule has 7 heteroatoms. The first kappa shape index (κ1) is 14.8. The van der Waals surface area contributed by atoms with E-state index in [9.17, 15) is 8.42 Å². The molecule has 0 aromatic rings. The van der Waals surface area contributed by atoms with E-state index >= 15 is 0 Å². The molecule has 0 bridgehead atoms. The van der Waals surface area contributed by atoms with Gasteiger partial charge in [0.05, 0.1) is 6.10 Å². The third-order valence-electron chi connectivity index (χ3n) is 2.00. The molecular formula is C8H20N2O4S. The van der Waals surface area contributed by atoms with Crippen molar-refractivity contribution >= 4 is 10.2 Å². The van der Waals surface area contributed by atoms with Crippen molar-refractivity contribution in [3.8, 4) is 0 Å². The summed E-state index contributed by atoms with van der Waals surface area (Å²) in [5.41, 5.74) is 0. The number of aliphatic hydroxyl groups is 1. The maximum Gasteiger partial charge on any atom is 0.279 e. The summed E-state index contributed by atoms with van der Waals surface area (Å²) in [6.07, 6.45) is 0.267. The van der Waals surface area contributed by atoms with Crippen LogP contribution in [0.1, 0.15) is 13.3 Å². The van der Waals surface area contributed by atoms with Gasteiger partial charge in [-0.15, -0.1) is 0 Å². The molecule has 6 nitrogen and oxygen atoms in total. The topological polar surface area (TPSA) is 78.9 Å². The third-order valence-corrected chi connectivity index (χ3v) is 3.53. The normalized spacial score (nSPS) is 14.5. The first-order valence-corrected chi connectivity index (χ1v) is 6.22. The van der Waals surface area contributed by atoms with Crippen molar-refractivity contribution in [2.75, 3.05) is 33.9 Å². The number of aliphatic hydroxyl groups excluding tert-OH is 1. The molecule has 1 unspecified atom stereocenters. The smallest absolute Gasteiger partial charge is 0.279 e. The molecular weight excluding hydrogens is 220 g/mol. The minimum Gasteiger partial charge on any atom is -0.396 e. The number of nitrogens with zero attached hydrogens (tertiary/aromatic N) is 1. The highest BCUT2D eigenvalue weighted by atomic mass is 32.2. The van der Waals surface area contributed by atoms with Gasteiger partial charge in [-0.25, -0.2) is 0 Å². The van der Waals surface area contributed by atoms with Gasteiger partial charge < -0.3 is 9.84 Å². The summed E-state index contributed by atoms with van der Waals surface area (Å²) in [6.45, 7) is 2.29. The van der Waals surface area contributed by atoms with E-state index in [0.29, 0.717) is 13.0 Å². The SMILES string of the molecule is COC(C)CNS(=O)(=O)N(C)CCCO. The minimum atomic E-state index is -3.45.